The molecular weight excluding hydrogens is 368 g/mol. The molecule has 0 spiro atoms. The van der Waals surface area contributed by atoms with Gasteiger partial charge in [0, 0.05) is 0 Å². The topological polar surface area (TPSA) is 98.7 Å². The Kier molecular flexibility index (Phi) is 7.01. The molecular formula is C23H28N2O4. The lowest BCUT2D eigenvalue weighted by Crippen LogP contribution is -2.52. The minimum absolute atomic E-state index is 0.253. The van der Waals surface area contributed by atoms with Crippen LogP contribution < -0.4 is 10.6 Å². The van der Waals surface area contributed by atoms with E-state index >= 15 is 0 Å². The van der Waals surface area contributed by atoms with Gasteiger partial charge in [-0.05, 0) is 24.0 Å². The SMILES string of the molecule is O=C(N[C@@H](CO)c1ccccc1)C1(C(=O)N[C@@H](CO)c2ccccc2)CCCC1. The second kappa shape index (κ2) is 9.67. The maximum Gasteiger partial charge on any atom is 0.236 e. The molecule has 0 heterocycles. The molecule has 0 aromatic heterocycles. The van der Waals surface area contributed by atoms with E-state index in [0.29, 0.717) is 12.8 Å². The van der Waals surface area contributed by atoms with Crippen molar-refractivity contribution < 1.29 is 19.8 Å². The molecule has 0 bridgehead atoms. The van der Waals surface area contributed by atoms with Crippen LogP contribution in [0.1, 0.15) is 48.9 Å². The summed E-state index contributed by atoms with van der Waals surface area (Å²) in [5, 5.41) is 25.3. The Morgan fingerprint density at radius 3 is 1.48 bits per heavy atom. The monoisotopic (exact) mass is 396 g/mol. The van der Waals surface area contributed by atoms with Gasteiger partial charge in [0.05, 0.1) is 25.3 Å². The van der Waals surface area contributed by atoms with E-state index in [9.17, 15) is 19.8 Å². The van der Waals surface area contributed by atoms with E-state index < -0.39 is 17.5 Å². The van der Waals surface area contributed by atoms with E-state index in [2.05, 4.69) is 10.6 Å². The third kappa shape index (κ3) is 4.66. The number of hydrogen-bond acceptors (Lipinski definition) is 4. The quantitative estimate of drug-likeness (QED) is 0.514. The molecule has 6 heteroatoms. The van der Waals surface area contributed by atoms with Gasteiger partial charge in [-0.15, -0.1) is 0 Å². The predicted octanol–water partition coefficient (Wildman–Crippen LogP) is 2.25. The highest BCUT2D eigenvalue weighted by Crippen LogP contribution is 2.39. The van der Waals surface area contributed by atoms with Gasteiger partial charge in [0.2, 0.25) is 11.8 Å². The largest absolute Gasteiger partial charge is 0.394 e. The van der Waals surface area contributed by atoms with Gasteiger partial charge in [0.15, 0.2) is 0 Å². The van der Waals surface area contributed by atoms with Gasteiger partial charge in [-0.1, -0.05) is 73.5 Å². The first-order valence-electron chi connectivity index (χ1n) is 10.0. The number of benzene rings is 2. The van der Waals surface area contributed by atoms with Crippen molar-refractivity contribution >= 4 is 11.8 Å². The molecule has 1 aliphatic rings. The van der Waals surface area contributed by atoms with Crippen molar-refractivity contribution in [2.75, 3.05) is 13.2 Å². The van der Waals surface area contributed by atoms with Crippen molar-refractivity contribution in [2.24, 2.45) is 5.41 Å². The van der Waals surface area contributed by atoms with Crippen LogP contribution in [0.5, 0.6) is 0 Å². The number of nitrogens with one attached hydrogen (secondary N) is 2. The molecule has 1 fully saturated rings. The zero-order chi connectivity index (χ0) is 20.7. The summed E-state index contributed by atoms with van der Waals surface area (Å²) in [5.41, 5.74) is 0.383. The number of carbonyl (C=O) groups is 2. The van der Waals surface area contributed by atoms with Crippen LogP contribution in [-0.2, 0) is 9.59 Å². The third-order valence-electron chi connectivity index (χ3n) is 5.71. The average Bonchev–Trinajstić information content (AvgIpc) is 3.28. The van der Waals surface area contributed by atoms with E-state index in [1.807, 2.05) is 60.7 Å². The number of hydrogen-bond donors (Lipinski definition) is 4. The number of aliphatic hydroxyl groups is 2. The standard InChI is InChI=1S/C23H28N2O4/c26-15-19(17-9-3-1-4-10-17)24-21(28)23(13-7-8-14-23)22(29)25-20(16-27)18-11-5-2-6-12-18/h1-6,9-12,19-20,26-27H,7-8,13-16H2,(H,24,28)(H,25,29)/t19-,20-/m0/s1. The average molecular weight is 396 g/mol. The Bertz CT molecular complexity index is 741. The smallest absolute Gasteiger partial charge is 0.236 e. The van der Waals surface area contributed by atoms with Crippen LogP contribution in [0.4, 0.5) is 0 Å². The van der Waals surface area contributed by atoms with Crippen molar-refractivity contribution in [2.45, 2.75) is 37.8 Å². The molecule has 2 aromatic rings. The Balaban J connectivity index is 1.77. The molecule has 0 unspecified atom stereocenters. The first kappa shape index (κ1) is 21.0. The molecule has 0 radical (unpaired) electrons. The summed E-state index contributed by atoms with van der Waals surface area (Å²) in [4.78, 5) is 26.4. The Morgan fingerprint density at radius 1 is 0.759 bits per heavy atom. The summed E-state index contributed by atoms with van der Waals surface area (Å²) in [6.07, 6.45) is 2.46. The third-order valence-corrected chi connectivity index (χ3v) is 5.71. The second-order valence-corrected chi connectivity index (χ2v) is 7.53. The van der Waals surface area contributed by atoms with Crippen LogP contribution in [0.25, 0.3) is 0 Å². The van der Waals surface area contributed by atoms with Gasteiger partial charge < -0.3 is 20.8 Å². The predicted molar refractivity (Wildman–Crippen MR) is 110 cm³/mol. The molecule has 29 heavy (non-hydrogen) atoms. The van der Waals surface area contributed by atoms with Gasteiger partial charge in [-0.2, -0.15) is 0 Å². The molecule has 3 rings (SSSR count). The van der Waals surface area contributed by atoms with E-state index in [1.54, 1.807) is 0 Å². The first-order chi connectivity index (χ1) is 14.1. The summed E-state index contributed by atoms with van der Waals surface area (Å²) >= 11 is 0. The molecule has 0 saturated heterocycles. The van der Waals surface area contributed by atoms with Crippen molar-refractivity contribution in [1.29, 1.82) is 0 Å². The van der Waals surface area contributed by atoms with E-state index in [1.165, 1.54) is 0 Å². The summed E-state index contributed by atoms with van der Waals surface area (Å²) in [6.45, 7) is -0.506. The molecule has 0 aliphatic heterocycles. The van der Waals surface area contributed by atoms with Crippen LogP contribution in [0.15, 0.2) is 60.7 Å². The molecule has 6 nitrogen and oxygen atoms in total. The fourth-order valence-electron chi connectivity index (χ4n) is 3.97. The van der Waals surface area contributed by atoms with Gasteiger partial charge in [0.25, 0.3) is 0 Å². The van der Waals surface area contributed by atoms with Crippen LogP contribution in [0, 0.1) is 5.41 Å². The van der Waals surface area contributed by atoms with Crippen molar-refractivity contribution in [3.05, 3.63) is 71.8 Å². The highest BCUT2D eigenvalue weighted by Gasteiger charge is 2.48. The summed E-state index contributed by atoms with van der Waals surface area (Å²) in [5.74, 6) is -0.750. The molecule has 4 N–H and O–H groups in total. The fourth-order valence-corrected chi connectivity index (χ4v) is 3.97. The molecule has 1 saturated carbocycles. The summed E-state index contributed by atoms with van der Waals surface area (Å²) < 4.78 is 0. The zero-order valence-corrected chi connectivity index (χ0v) is 16.4. The Morgan fingerprint density at radius 2 is 1.14 bits per heavy atom. The normalized spacial score (nSPS) is 17.3. The lowest BCUT2D eigenvalue weighted by Gasteiger charge is -2.30. The van der Waals surface area contributed by atoms with Crippen LogP contribution in [0.3, 0.4) is 0 Å². The Hall–Kier alpha value is -2.70. The van der Waals surface area contributed by atoms with Crippen LogP contribution >= 0.6 is 0 Å². The maximum atomic E-state index is 13.2. The lowest BCUT2D eigenvalue weighted by molar-refractivity contribution is -0.144. The van der Waals surface area contributed by atoms with Gasteiger partial charge >= 0.3 is 0 Å². The van der Waals surface area contributed by atoms with Crippen molar-refractivity contribution in [3.63, 3.8) is 0 Å². The van der Waals surface area contributed by atoms with Crippen LogP contribution in [0.2, 0.25) is 0 Å². The van der Waals surface area contributed by atoms with Gasteiger partial charge in [0.1, 0.15) is 5.41 Å². The zero-order valence-electron chi connectivity index (χ0n) is 16.4. The second-order valence-electron chi connectivity index (χ2n) is 7.53. The number of amides is 2. The Labute approximate surface area is 171 Å². The van der Waals surface area contributed by atoms with Gasteiger partial charge in [-0.3, -0.25) is 9.59 Å². The van der Waals surface area contributed by atoms with Crippen molar-refractivity contribution in [1.82, 2.24) is 10.6 Å². The lowest BCUT2D eigenvalue weighted by atomic mass is 9.83. The molecule has 2 aromatic carbocycles. The van der Waals surface area contributed by atoms with Crippen molar-refractivity contribution in [3.8, 4) is 0 Å². The minimum Gasteiger partial charge on any atom is -0.394 e. The minimum atomic E-state index is -1.19. The van der Waals surface area contributed by atoms with E-state index in [0.717, 1.165) is 24.0 Å². The molecule has 1 aliphatic carbocycles. The number of rotatable bonds is 8. The fraction of sp³-hybridized carbons (Fsp3) is 0.391. The van der Waals surface area contributed by atoms with Crippen LogP contribution in [-0.4, -0.2) is 35.2 Å². The van der Waals surface area contributed by atoms with E-state index in [-0.39, 0.29) is 25.0 Å². The highest BCUT2D eigenvalue weighted by atomic mass is 16.3. The first-order valence-corrected chi connectivity index (χ1v) is 10.0. The highest BCUT2D eigenvalue weighted by molar-refractivity contribution is 6.05. The molecule has 154 valence electrons. The molecule has 2 atom stereocenters. The van der Waals surface area contributed by atoms with E-state index in [4.69, 9.17) is 0 Å². The number of carbonyl (C=O) groups excluding carboxylic acids is 2. The summed E-state index contributed by atoms with van der Waals surface area (Å²) in [7, 11) is 0. The summed E-state index contributed by atoms with van der Waals surface area (Å²) in [6, 6.07) is 17.3. The van der Waals surface area contributed by atoms with Gasteiger partial charge in [-0.25, -0.2) is 0 Å². The maximum absolute atomic E-state index is 13.2. The molecule has 2 amide bonds. The number of aliphatic hydroxyl groups excluding tert-OH is 2.